The maximum atomic E-state index is 11.8. The minimum absolute atomic E-state index is 0.138. The normalized spacial score (nSPS) is 17.4. The third-order valence-corrected chi connectivity index (χ3v) is 2.54. The van der Waals surface area contributed by atoms with Gasteiger partial charge in [-0.2, -0.15) is 0 Å². The molecule has 92 valence electrons. The van der Waals surface area contributed by atoms with Crippen molar-refractivity contribution in [2.45, 2.75) is 6.10 Å². The van der Waals surface area contributed by atoms with Crippen molar-refractivity contribution >= 4 is 5.91 Å². The van der Waals surface area contributed by atoms with E-state index in [4.69, 9.17) is 14.2 Å². The lowest BCUT2D eigenvalue weighted by Gasteiger charge is -2.09. The molecule has 5 nitrogen and oxygen atoms in total. The molecule has 0 spiro atoms. The molecule has 1 heterocycles. The number of methoxy groups -OCH3 is 2. The van der Waals surface area contributed by atoms with Crippen molar-refractivity contribution in [3.63, 3.8) is 0 Å². The summed E-state index contributed by atoms with van der Waals surface area (Å²) in [5.74, 6) is 1.01. The second-order valence-electron chi connectivity index (χ2n) is 3.74. The molecule has 1 saturated heterocycles. The summed E-state index contributed by atoms with van der Waals surface area (Å²) in [6.45, 7) is 1.28. The molecule has 1 aliphatic heterocycles. The van der Waals surface area contributed by atoms with Gasteiger partial charge in [-0.25, -0.2) is 0 Å². The first-order valence-corrected chi connectivity index (χ1v) is 5.36. The predicted octanol–water partition coefficient (Wildman–Crippen LogP) is 0.832. The molecule has 1 aromatic rings. The first kappa shape index (κ1) is 11.7. The number of ether oxygens (including phenoxy) is 3. The summed E-state index contributed by atoms with van der Waals surface area (Å²) in [6.07, 6.45) is 0.180. The molecule has 0 radical (unpaired) electrons. The van der Waals surface area contributed by atoms with E-state index >= 15 is 0 Å². The average molecular weight is 237 g/mol. The zero-order valence-electron chi connectivity index (χ0n) is 9.86. The summed E-state index contributed by atoms with van der Waals surface area (Å²) < 4.78 is 15.3. The highest BCUT2D eigenvalue weighted by Gasteiger charge is 2.23. The summed E-state index contributed by atoms with van der Waals surface area (Å²) in [5, 5.41) is 2.79. The Balaban J connectivity index is 2.05. The maximum Gasteiger partial charge on any atom is 0.251 e. The Labute approximate surface area is 99.7 Å². The zero-order chi connectivity index (χ0) is 12.3. The van der Waals surface area contributed by atoms with Crippen LogP contribution in [0.5, 0.6) is 11.5 Å². The van der Waals surface area contributed by atoms with Gasteiger partial charge in [-0.3, -0.25) is 4.79 Å². The summed E-state index contributed by atoms with van der Waals surface area (Å²) >= 11 is 0. The SMILES string of the molecule is COc1ccc(C(=O)NC[C@H]2CO2)cc1OC. The molecule has 17 heavy (non-hydrogen) atoms. The second kappa shape index (κ2) is 5.05. The van der Waals surface area contributed by atoms with Crippen LogP contribution in [0.1, 0.15) is 10.4 Å². The fourth-order valence-corrected chi connectivity index (χ4v) is 1.47. The van der Waals surface area contributed by atoms with Crippen molar-refractivity contribution < 1.29 is 19.0 Å². The fraction of sp³-hybridized carbons (Fsp3) is 0.417. The minimum atomic E-state index is -0.138. The van der Waals surface area contributed by atoms with Crippen LogP contribution in [-0.4, -0.2) is 39.4 Å². The molecule has 5 heteroatoms. The molecule has 0 aromatic heterocycles. The second-order valence-corrected chi connectivity index (χ2v) is 3.74. The smallest absolute Gasteiger partial charge is 0.251 e. The Morgan fingerprint density at radius 3 is 2.71 bits per heavy atom. The van der Waals surface area contributed by atoms with Crippen LogP contribution in [0.2, 0.25) is 0 Å². The molecule has 1 N–H and O–H groups in total. The van der Waals surface area contributed by atoms with Crippen molar-refractivity contribution in [2.75, 3.05) is 27.4 Å². The zero-order valence-corrected chi connectivity index (χ0v) is 9.86. The number of hydrogen-bond acceptors (Lipinski definition) is 4. The maximum absolute atomic E-state index is 11.8. The van der Waals surface area contributed by atoms with Crippen LogP contribution in [-0.2, 0) is 4.74 Å². The van der Waals surface area contributed by atoms with E-state index in [2.05, 4.69) is 5.32 Å². The average Bonchev–Trinajstić information content (AvgIpc) is 3.19. The molecule has 1 atom stereocenters. The van der Waals surface area contributed by atoms with Crippen LogP contribution in [0.15, 0.2) is 18.2 Å². The van der Waals surface area contributed by atoms with Gasteiger partial charge in [-0.05, 0) is 18.2 Å². The van der Waals surface area contributed by atoms with Gasteiger partial charge in [-0.1, -0.05) is 0 Å². The Hall–Kier alpha value is -1.75. The van der Waals surface area contributed by atoms with E-state index in [0.717, 1.165) is 6.61 Å². The summed E-state index contributed by atoms with van der Waals surface area (Å²) in [6, 6.07) is 5.06. The third-order valence-electron chi connectivity index (χ3n) is 2.54. The van der Waals surface area contributed by atoms with Gasteiger partial charge < -0.3 is 19.5 Å². The summed E-state index contributed by atoms with van der Waals surface area (Å²) in [7, 11) is 3.10. The summed E-state index contributed by atoms with van der Waals surface area (Å²) in [4.78, 5) is 11.8. The van der Waals surface area contributed by atoms with Crippen molar-refractivity contribution in [3.8, 4) is 11.5 Å². The lowest BCUT2D eigenvalue weighted by atomic mass is 10.2. The number of nitrogens with one attached hydrogen (secondary N) is 1. The number of rotatable bonds is 5. The number of amides is 1. The van der Waals surface area contributed by atoms with Gasteiger partial charge in [-0.15, -0.1) is 0 Å². The van der Waals surface area contributed by atoms with Crippen LogP contribution < -0.4 is 14.8 Å². The van der Waals surface area contributed by atoms with Gasteiger partial charge in [0.25, 0.3) is 5.91 Å². The Morgan fingerprint density at radius 1 is 1.41 bits per heavy atom. The molecule has 0 bridgehead atoms. The standard InChI is InChI=1S/C12H15NO4/c1-15-10-4-3-8(5-11(10)16-2)12(14)13-6-9-7-17-9/h3-5,9H,6-7H2,1-2H3,(H,13,14)/t9-/m0/s1. The van der Waals surface area contributed by atoms with Gasteiger partial charge in [0.1, 0.15) is 0 Å². The highest BCUT2D eigenvalue weighted by Crippen LogP contribution is 2.27. The van der Waals surface area contributed by atoms with E-state index in [9.17, 15) is 4.79 Å². The highest BCUT2D eigenvalue weighted by molar-refractivity contribution is 5.94. The Morgan fingerprint density at radius 2 is 2.12 bits per heavy atom. The number of benzene rings is 1. The van der Waals surface area contributed by atoms with Crippen molar-refractivity contribution in [1.29, 1.82) is 0 Å². The van der Waals surface area contributed by atoms with E-state index in [-0.39, 0.29) is 12.0 Å². The van der Waals surface area contributed by atoms with E-state index in [0.29, 0.717) is 23.6 Å². The molecule has 1 aromatic carbocycles. The number of epoxide rings is 1. The van der Waals surface area contributed by atoms with Gasteiger partial charge in [0.05, 0.1) is 26.9 Å². The fourth-order valence-electron chi connectivity index (χ4n) is 1.47. The molecule has 1 fully saturated rings. The van der Waals surface area contributed by atoms with Gasteiger partial charge in [0.2, 0.25) is 0 Å². The van der Waals surface area contributed by atoms with Gasteiger partial charge in [0.15, 0.2) is 11.5 Å². The molecule has 0 aliphatic carbocycles. The lowest BCUT2D eigenvalue weighted by Crippen LogP contribution is -2.27. The minimum Gasteiger partial charge on any atom is -0.493 e. The Kier molecular flexibility index (Phi) is 3.49. The van der Waals surface area contributed by atoms with Crippen LogP contribution in [0, 0.1) is 0 Å². The largest absolute Gasteiger partial charge is 0.493 e. The van der Waals surface area contributed by atoms with Crippen LogP contribution in [0.3, 0.4) is 0 Å². The highest BCUT2D eigenvalue weighted by atomic mass is 16.6. The first-order chi connectivity index (χ1) is 8.24. The molecule has 0 saturated carbocycles. The van der Waals surface area contributed by atoms with Crippen LogP contribution >= 0.6 is 0 Å². The Bertz CT molecular complexity index is 415. The van der Waals surface area contributed by atoms with Crippen LogP contribution in [0.4, 0.5) is 0 Å². The monoisotopic (exact) mass is 237 g/mol. The van der Waals surface area contributed by atoms with Gasteiger partial charge in [0, 0.05) is 12.1 Å². The van der Waals surface area contributed by atoms with Gasteiger partial charge >= 0.3 is 0 Å². The lowest BCUT2D eigenvalue weighted by molar-refractivity contribution is 0.0950. The molecular formula is C12H15NO4. The molecule has 2 rings (SSSR count). The number of hydrogen-bond donors (Lipinski definition) is 1. The van der Waals surface area contributed by atoms with E-state index in [1.165, 1.54) is 7.11 Å². The number of carbonyl (C=O) groups is 1. The number of carbonyl (C=O) groups excluding carboxylic acids is 1. The molecule has 1 amide bonds. The quantitative estimate of drug-likeness (QED) is 0.771. The van der Waals surface area contributed by atoms with Crippen molar-refractivity contribution in [1.82, 2.24) is 5.32 Å². The first-order valence-electron chi connectivity index (χ1n) is 5.36. The molecular weight excluding hydrogens is 222 g/mol. The third kappa shape index (κ3) is 2.88. The van der Waals surface area contributed by atoms with Crippen molar-refractivity contribution in [2.24, 2.45) is 0 Å². The molecule has 0 unspecified atom stereocenters. The van der Waals surface area contributed by atoms with E-state index in [1.807, 2.05) is 0 Å². The predicted molar refractivity (Wildman–Crippen MR) is 61.6 cm³/mol. The molecule has 1 aliphatic rings. The summed E-state index contributed by atoms with van der Waals surface area (Å²) in [5.41, 5.74) is 0.545. The van der Waals surface area contributed by atoms with Crippen LogP contribution in [0.25, 0.3) is 0 Å². The van der Waals surface area contributed by atoms with E-state index < -0.39 is 0 Å². The van der Waals surface area contributed by atoms with E-state index in [1.54, 1.807) is 25.3 Å². The van der Waals surface area contributed by atoms with Crippen molar-refractivity contribution in [3.05, 3.63) is 23.8 Å². The topological polar surface area (TPSA) is 60.1 Å².